The molecule has 0 atom stereocenters. The molecular formula is C18H18N2. The Balaban J connectivity index is 2.52. The van der Waals surface area contributed by atoms with E-state index in [4.69, 9.17) is 0 Å². The molecule has 0 aliphatic rings. The van der Waals surface area contributed by atoms with Crippen molar-refractivity contribution < 1.29 is 0 Å². The summed E-state index contributed by atoms with van der Waals surface area (Å²) < 4.78 is 0. The number of pyridine rings is 1. The zero-order valence-electron chi connectivity index (χ0n) is 11.6. The molecule has 1 aromatic heterocycles. The van der Waals surface area contributed by atoms with E-state index < -0.39 is 0 Å². The molecule has 2 rings (SSSR count). The smallest absolute Gasteiger partial charge is 0.137 e. The van der Waals surface area contributed by atoms with Gasteiger partial charge in [0.1, 0.15) is 5.82 Å². The van der Waals surface area contributed by atoms with E-state index >= 15 is 0 Å². The quantitative estimate of drug-likeness (QED) is 0.715. The van der Waals surface area contributed by atoms with Gasteiger partial charge in [0.2, 0.25) is 0 Å². The molecule has 0 aliphatic heterocycles. The van der Waals surface area contributed by atoms with Crippen LogP contribution in [0, 0.1) is 0 Å². The Morgan fingerprint density at radius 2 is 1.85 bits per heavy atom. The molecule has 1 aromatic carbocycles. The van der Waals surface area contributed by atoms with Gasteiger partial charge in [0.05, 0.1) is 0 Å². The van der Waals surface area contributed by atoms with Crippen molar-refractivity contribution in [2.75, 3.05) is 4.90 Å². The van der Waals surface area contributed by atoms with Crippen LogP contribution in [-0.4, -0.2) is 4.98 Å². The Morgan fingerprint density at radius 1 is 1.10 bits per heavy atom. The molecule has 2 nitrogen and oxygen atoms in total. The summed E-state index contributed by atoms with van der Waals surface area (Å²) in [6.45, 7) is 5.91. The number of aromatic nitrogens is 1. The molecule has 1 heterocycles. The summed E-state index contributed by atoms with van der Waals surface area (Å²) in [7, 11) is 0. The van der Waals surface area contributed by atoms with Crippen LogP contribution in [0.3, 0.4) is 0 Å². The van der Waals surface area contributed by atoms with Gasteiger partial charge in [-0.2, -0.15) is 0 Å². The number of anilines is 2. The molecule has 0 saturated heterocycles. The minimum atomic E-state index is 0.870. The Morgan fingerprint density at radius 3 is 2.45 bits per heavy atom. The summed E-state index contributed by atoms with van der Waals surface area (Å²) in [4.78, 5) is 6.52. The van der Waals surface area contributed by atoms with E-state index in [1.165, 1.54) is 0 Å². The highest BCUT2D eigenvalue weighted by molar-refractivity contribution is 5.67. The molecule has 2 aromatic rings. The number of nitrogens with zero attached hydrogens (tertiary/aromatic N) is 2. The maximum absolute atomic E-state index is 4.45. The van der Waals surface area contributed by atoms with E-state index in [9.17, 15) is 0 Å². The van der Waals surface area contributed by atoms with Gasteiger partial charge in [-0.3, -0.25) is 4.90 Å². The lowest BCUT2D eigenvalue weighted by Gasteiger charge is -2.24. The van der Waals surface area contributed by atoms with Crippen molar-refractivity contribution >= 4 is 11.5 Å². The molecule has 2 heteroatoms. The largest absolute Gasteiger partial charge is 0.295 e. The standard InChI is InChI=1S/C18H18N2/c1-3-5-11-16(4-2)20(17-12-7-6-8-13-17)18-14-9-10-15-19-18/h3-15H,2H2,1H3/b5-3-,16-11+. The predicted octanol–water partition coefficient (Wildman–Crippen LogP) is 4.87. The highest BCUT2D eigenvalue weighted by Crippen LogP contribution is 2.28. The number of hydrogen-bond donors (Lipinski definition) is 0. The van der Waals surface area contributed by atoms with Crippen LogP contribution in [0.25, 0.3) is 0 Å². The van der Waals surface area contributed by atoms with Gasteiger partial charge in [-0.15, -0.1) is 0 Å². The molecule has 100 valence electrons. The second kappa shape index (κ2) is 7.10. The van der Waals surface area contributed by atoms with Crippen molar-refractivity contribution in [2.24, 2.45) is 0 Å². The topological polar surface area (TPSA) is 16.1 Å². The van der Waals surface area contributed by atoms with Crippen molar-refractivity contribution in [2.45, 2.75) is 6.92 Å². The first-order chi connectivity index (χ1) is 9.86. The number of benzene rings is 1. The summed E-state index contributed by atoms with van der Waals surface area (Å²) in [6, 6.07) is 16.0. The van der Waals surface area contributed by atoms with Crippen LogP contribution < -0.4 is 4.90 Å². The van der Waals surface area contributed by atoms with Crippen LogP contribution in [0.1, 0.15) is 6.92 Å². The van der Waals surface area contributed by atoms with Crippen molar-refractivity contribution in [3.8, 4) is 0 Å². The molecule has 0 N–H and O–H groups in total. The van der Waals surface area contributed by atoms with Crippen LogP contribution in [0.2, 0.25) is 0 Å². The lowest BCUT2D eigenvalue weighted by atomic mass is 10.2. The van der Waals surface area contributed by atoms with Crippen LogP contribution in [0.15, 0.2) is 91.3 Å². The first-order valence-electron chi connectivity index (χ1n) is 6.58. The van der Waals surface area contributed by atoms with Gasteiger partial charge in [0.25, 0.3) is 0 Å². The Kier molecular flexibility index (Phi) is 4.90. The van der Waals surface area contributed by atoms with Crippen molar-refractivity contribution in [3.63, 3.8) is 0 Å². The predicted molar refractivity (Wildman–Crippen MR) is 85.9 cm³/mol. The maximum atomic E-state index is 4.45. The molecular weight excluding hydrogens is 244 g/mol. The Bertz CT molecular complexity index is 558. The van der Waals surface area contributed by atoms with Gasteiger partial charge in [-0.05, 0) is 43.3 Å². The minimum absolute atomic E-state index is 0.870. The molecule has 0 aliphatic carbocycles. The summed E-state index contributed by atoms with van der Waals surface area (Å²) in [5.41, 5.74) is 2.04. The Hall–Kier alpha value is -2.61. The van der Waals surface area contributed by atoms with Crippen molar-refractivity contribution in [1.82, 2.24) is 4.98 Å². The summed E-state index contributed by atoms with van der Waals surface area (Å²) in [6.07, 6.45) is 9.64. The fourth-order valence-electron chi connectivity index (χ4n) is 1.91. The molecule has 0 spiro atoms. The number of rotatable bonds is 5. The third kappa shape index (κ3) is 3.23. The van der Waals surface area contributed by atoms with E-state index in [0.29, 0.717) is 0 Å². The lowest BCUT2D eigenvalue weighted by Crippen LogP contribution is -2.16. The SMILES string of the molecule is C=C/C(=C\C=C/C)N(c1ccccc1)c1ccccn1. The van der Waals surface area contributed by atoms with Crippen LogP contribution in [-0.2, 0) is 0 Å². The molecule has 0 unspecified atom stereocenters. The van der Waals surface area contributed by atoms with Gasteiger partial charge in [0.15, 0.2) is 0 Å². The minimum Gasteiger partial charge on any atom is -0.295 e. The summed E-state index contributed by atoms with van der Waals surface area (Å²) in [5.74, 6) is 0.870. The second-order valence-corrected chi connectivity index (χ2v) is 4.18. The molecule has 0 radical (unpaired) electrons. The third-order valence-corrected chi connectivity index (χ3v) is 2.82. The van der Waals surface area contributed by atoms with Crippen molar-refractivity contribution in [1.29, 1.82) is 0 Å². The van der Waals surface area contributed by atoms with Gasteiger partial charge in [-0.25, -0.2) is 4.98 Å². The molecule has 0 bridgehead atoms. The molecule has 0 amide bonds. The summed E-state index contributed by atoms with van der Waals surface area (Å²) in [5, 5.41) is 0. The van der Waals surface area contributed by atoms with Gasteiger partial charge >= 0.3 is 0 Å². The zero-order valence-corrected chi connectivity index (χ0v) is 11.6. The highest BCUT2D eigenvalue weighted by atomic mass is 15.2. The third-order valence-electron chi connectivity index (χ3n) is 2.82. The average molecular weight is 262 g/mol. The lowest BCUT2D eigenvalue weighted by molar-refractivity contribution is 1.13. The van der Waals surface area contributed by atoms with Gasteiger partial charge in [0, 0.05) is 17.6 Å². The van der Waals surface area contributed by atoms with E-state index in [1.54, 1.807) is 6.20 Å². The zero-order chi connectivity index (χ0) is 14.2. The fourth-order valence-corrected chi connectivity index (χ4v) is 1.91. The number of allylic oxidation sites excluding steroid dienone is 4. The van der Waals surface area contributed by atoms with E-state index in [2.05, 4.69) is 28.6 Å². The van der Waals surface area contributed by atoms with Gasteiger partial charge in [-0.1, -0.05) is 43.0 Å². The van der Waals surface area contributed by atoms with Crippen LogP contribution >= 0.6 is 0 Å². The van der Waals surface area contributed by atoms with E-state index in [1.807, 2.05) is 67.6 Å². The Labute approximate surface area is 120 Å². The maximum Gasteiger partial charge on any atom is 0.137 e. The number of hydrogen-bond acceptors (Lipinski definition) is 2. The highest BCUT2D eigenvalue weighted by Gasteiger charge is 2.12. The number of para-hydroxylation sites is 1. The van der Waals surface area contributed by atoms with E-state index in [0.717, 1.165) is 17.2 Å². The molecule has 0 fully saturated rings. The first kappa shape index (κ1) is 13.8. The monoisotopic (exact) mass is 262 g/mol. The van der Waals surface area contributed by atoms with Crippen LogP contribution in [0.5, 0.6) is 0 Å². The normalized spacial score (nSPS) is 11.6. The summed E-state index contributed by atoms with van der Waals surface area (Å²) >= 11 is 0. The first-order valence-corrected chi connectivity index (χ1v) is 6.58. The average Bonchev–Trinajstić information content (AvgIpc) is 2.53. The van der Waals surface area contributed by atoms with Crippen molar-refractivity contribution in [3.05, 3.63) is 91.3 Å². The van der Waals surface area contributed by atoms with Gasteiger partial charge < -0.3 is 0 Å². The molecule has 0 saturated carbocycles. The van der Waals surface area contributed by atoms with Crippen LogP contribution in [0.4, 0.5) is 11.5 Å². The second-order valence-electron chi connectivity index (χ2n) is 4.18. The fraction of sp³-hybridized carbons (Fsp3) is 0.0556. The van der Waals surface area contributed by atoms with E-state index in [-0.39, 0.29) is 0 Å². The molecule has 20 heavy (non-hydrogen) atoms.